The molecule has 4 unspecified atom stereocenters. The molecule has 178 valence electrons. The van der Waals surface area contributed by atoms with E-state index >= 15 is 0 Å². The average molecular weight is 510 g/mol. The molecule has 4 atom stereocenters. The Morgan fingerprint density at radius 3 is 0.719 bits per heavy atom. The second kappa shape index (κ2) is 10.8. The quantitative estimate of drug-likeness (QED) is 0.219. The summed E-state index contributed by atoms with van der Waals surface area (Å²) in [6.07, 6.45) is 6.42. The molecule has 0 N–H and O–H groups in total. The molecular weight excluding hydrogens is 455 g/mol. The zero-order valence-electron chi connectivity index (χ0n) is 24.3. The lowest BCUT2D eigenvalue weighted by atomic mass is 10.2. The SMILES string of the molecule is [B][P+](C)(CC[P+]([B])(CC[P+]([B])(CC[P+]([B])(C)C(C)(C)C)C(C)(C)C)C(C)(C)C)C(C)(C)C. The molecule has 0 amide bonds. The van der Waals surface area contributed by atoms with Gasteiger partial charge in [0, 0.05) is 13.3 Å². The van der Waals surface area contributed by atoms with E-state index in [4.69, 9.17) is 30.3 Å². The molecule has 0 spiro atoms. The van der Waals surface area contributed by atoms with Gasteiger partial charge in [-0.1, -0.05) is 0 Å². The lowest BCUT2D eigenvalue weighted by molar-refractivity contribution is 0.764. The van der Waals surface area contributed by atoms with Crippen LogP contribution in [0, 0.1) is 0 Å². The number of hydrogen-bond acceptors (Lipinski definition) is 0. The summed E-state index contributed by atoms with van der Waals surface area (Å²) >= 11 is 0. The van der Waals surface area contributed by atoms with Gasteiger partial charge in [0.25, 0.3) is 0 Å². The third-order valence-corrected chi connectivity index (χ3v) is 27.5. The Balaban J connectivity index is 5.76. The van der Waals surface area contributed by atoms with Crippen molar-refractivity contribution in [3.63, 3.8) is 0 Å². The van der Waals surface area contributed by atoms with Gasteiger partial charge < -0.3 is 0 Å². The van der Waals surface area contributed by atoms with Gasteiger partial charge in [-0.3, -0.25) is 0 Å². The summed E-state index contributed by atoms with van der Waals surface area (Å²) in [6, 6.07) is 0. The van der Waals surface area contributed by atoms with Crippen LogP contribution in [0.4, 0.5) is 0 Å². The van der Waals surface area contributed by atoms with Crippen LogP contribution in [-0.4, -0.2) is 101 Å². The predicted octanol–water partition coefficient (Wildman–Crippen LogP) is 7.84. The van der Waals surface area contributed by atoms with E-state index in [1.807, 2.05) is 0 Å². The van der Waals surface area contributed by atoms with E-state index in [-0.39, 0.29) is 20.6 Å². The Morgan fingerprint density at radius 2 is 0.562 bits per heavy atom. The summed E-state index contributed by atoms with van der Waals surface area (Å²) < 4.78 is 0. The monoisotopic (exact) mass is 510 g/mol. The highest BCUT2D eigenvalue weighted by Crippen LogP contribution is 2.74. The van der Waals surface area contributed by atoms with Crippen LogP contribution >= 0.6 is 28.6 Å². The van der Waals surface area contributed by atoms with Gasteiger partial charge in [0.15, 0.2) is 0 Å². The molecule has 8 heteroatoms. The fourth-order valence-electron chi connectivity index (χ4n) is 3.37. The van der Waals surface area contributed by atoms with Crippen LogP contribution in [0.3, 0.4) is 0 Å². The maximum Gasteiger partial charge on any atom is 0.365 e. The van der Waals surface area contributed by atoms with Gasteiger partial charge in [-0.2, -0.15) is 0 Å². The Labute approximate surface area is 212 Å². The highest BCUT2D eigenvalue weighted by atomic mass is 31.2. The second-order valence-electron chi connectivity index (χ2n) is 14.6. The number of hydrogen-bond donors (Lipinski definition) is 0. The Morgan fingerprint density at radius 1 is 0.375 bits per heavy atom. The lowest BCUT2D eigenvalue weighted by Crippen LogP contribution is -2.34. The van der Waals surface area contributed by atoms with Gasteiger partial charge in [-0.15, -0.1) is 0 Å². The Kier molecular flexibility index (Phi) is 11.4. The minimum atomic E-state index is -1.71. The van der Waals surface area contributed by atoms with Crippen molar-refractivity contribution >= 4 is 58.8 Å². The zero-order chi connectivity index (χ0) is 26.2. The molecule has 0 aromatic rings. The molecule has 0 bridgehead atoms. The van der Waals surface area contributed by atoms with Crippen molar-refractivity contribution in [3.05, 3.63) is 0 Å². The van der Waals surface area contributed by atoms with Crippen LogP contribution in [0.25, 0.3) is 0 Å². The van der Waals surface area contributed by atoms with E-state index in [1.54, 1.807) is 0 Å². The van der Waals surface area contributed by atoms with Crippen molar-refractivity contribution in [1.29, 1.82) is 0 Å². The molecule has 0 fully saturated rings. The van der Waals surface area contributed by atoms with E-state index in [1.165, 1.54) is 0 Å². The van der Waals surface area contributed by atoms with Crippen LogP contribution in [0.2, 0.25) is 0 Å². The largest absolute Gasteiger partial charge is 0.365 e. The predicted molar refractivity (Wildman–Crippen MR) is 171 cm³/mol. The summed E-state index contributed by atoms with van der Waals surface area (Å²) in [7, 11) is 22.0. The summed E-state index contributed by atoms with van der Waals surface area (Å²) in [5.41, 5.74) is 0. The Hall–Kier alpha value is 1.98. The van der Waals surface area contributed by atoms with Crippen LogP contribution < -0.4 is 0 Å². The molecule has 0 aliphatic carbocycles. The van der Waals surface area contributed by atoms with Crippen LogP contribution in [0.5, 0.6) is 0 Å². The van der Waals surface area contributed by atoms with Crippen molar-refractivity contribution in [2.24, 2.45) is 0 Å². The van der Waals surface area contributed by atoms with E-state index in [0.29, 0.717) is 0 Å². The first-order valence-corrected chi connectivity index (χ1v) is 21.7. The minimum Gasteiger partial charge on any atom is -0.0343 e. The third kappa shape index (κ3) is 8.82. The second-order valence-corrected chi connectivity index (χ2v) is 31.9. The van der Waals surface area contributed by atoms with E-state index in [0.717, 1.165) is 37.0 Å². The van der Waals surface area contributed by atoms with Gasteiger partial charge >= 0.3 is 30.3 Å². The molecule has 0 aromatic carbocycles. The van der Waals surface area contributed by atoms with Crippen molar-refractivity contribution in [2.45, 2.75) is 104 Å². The smallest absolute Gasteiger partial charge is 0.0343 e. The van der Waals surface area contributed by atoms with Gasteiger partial charge in [-0.25, -0.2) is 0 Å². The molecular formula is C24H54B4P4+4. The van der Waals surface area contributed by atoms with Crippen molar-refractivity contribution in [3.8, 4) is 0 Å². The van der Waals surface area contributed by atoms with Crippen molar-refractivity contribution in [2.75, 3.05) is 50.3 Å². The maximum atomic E-state index is 7.35. The van der Waals surface area contributed by atoms with E-state index in [2.05, 4.69) is 96.4 Å². The number of rotatable bonds is 9. The standard InChI is InChI=1S/C24H54B4P4/c1-21(2,3)29(13,25)15-17-31(27,23(7,8)9)19-20-32(28,24(10,11)12)18-16-30(14,26)22(4,5)6/h15-20H2,1-14H3/q+4. The highest BCUT2D eigenvalue weighted by molar-refractivity contribution is 8.03. The van der Waals surface area contributed by atoms with Gasteiger partial charge in [0.05, 0.1) is 57.6 Å². The third-order valence-electron chi connectivity index (χ3n) is 8.56. The molecule has 32 heavy (non-hydrogen) atoms. The molecule has 8 radical (unpaired) electrons. The summed E-state index contributed by atoms with van der Waals surface area (Å²) in [5.74, 6) is 0. The molecule has 0 nitrogen and oxygen atoms in total. The first-order valence-electron chi connectivity index (χ1n) is 12.2. The summed E-state index contributed by atoms with van der Waals surface area (Å²) in [4.78, 5) is 0. The van der Waals surface area contributed by atoms with Crippen molar-refractivity contribution in [1.82, 2.24) is 0 Å². The summed E-state index contributed by atoms with van der Waals surface area (Å²) in [5, 5.41) is 0.533. The Bertz CT molecular complexity index is 555. The molecule has 0 aromatic heterocycles. The van der Waals surface area contributed by atoms with Crippen molar-refractivity contribution < 1.29 is 0 Å². The highest BCUT2D eigenvalue weighted by Gasteiger charge is 2.53. The molecule has 0 aliphatic heterocycles. The molecule has 0 saturated carbocycles. The molecule has 0 heterocycles. The van der Waals surface area contributed by atoms with Crippen LogP contribution in [-0.2, 0) is 0 Å². The molecule has 0 rings (SSSR count). The topological polar surface area (TPSA) is 0 Å². The average Bonchev–Trinajstić information content (AvgIpc) is 2.52. The van der Waals surface area contributed by atoms with Gasteiger partial charge in [-0.05, 0) is 112 Å². The van der Waals surface area contributed by atoms with E-state index < -0.39 is 28.6 Å². The van der Waals surface area contributed by atoms with Gasteiger partial charge in [0.2, 0.25) is 0 Å². The normalized spacial score (nSPS) is 21.8. The minimum absolute atomic E-state index is 0.106. The maximum absolute atomic E-state index is 7.35. The lowest BCUT2D eigenvalue weighted by Gasteiger charge is -2.43. The first-order chi connectivity index (χ1) is 13.6. The zero-order valence-corrected chi connectivity index (χ0v) is 27.9. The van der Waals surface area contributed by atoms with Gasteiger partial charge in [0.1, 0.15) is 0 Å². The van der Waals surface area contributed by atoms with E-state index in [9.17, 15) is 0 Å². The first kappa shape index (κ1) is 34.0. The molecule has 0 saturated heterocycles. The fourth-order valence-corrected chi connectivity index (χ4v) is 16.9. The van der Waals surface area contributed by atoms with Crippen LogP contribution in [0.1, 0.15) is 83.1 Å². The fraction of sp³-hybridized carbons (Fsp3) is 1.00. The van der Waals surface area contributed by atoms with Crippen LogP contribution in [0.15, 0.2) is 0 Å². The summed E-state index contributed by atoms with van der Waals surface area (Å²) in [6.45, 7) is 32.3. The molecule has 0 aliphatic rings.